The Morgan fingerprint density at radius 3 is 2.76 bits per heavy atom. The van der Waals surface area contributed by atoms with Gasteiger partial charge in [-0.3, -0.25) is 4.79 Å². The third-order valence-electron chi connectivity index (χ3n) is 3.41. The molecule has 5 nitrogen and oxygen atoms in total. The summed E-state index contributed by atoms with van der Waals surface area (Å²) < 4.78 is 10.4. The molecule has 2 rings (SSSR count). The lowest BCUT2D eigenvalue weighted by Crippen LogP contribution is -2.29. The van der Waals surface area contributed by atoms with Crippen LogP contribution in [0.5, 0.6) is 5.75 Å². The summed E-state index contributed by atoms with van der Waals surface area (Å²) in [5.74, 6) is 0.899. The minimum Gasteiger partial charge on any atom is -0.494 e. The van der Waals surface area contributed by atoms with Gasteiger partial charge in [-0.15, -0.1) is 0 Å². The van der Waals surface area contributed by atoms with Gasteiger partial charge in [0.05, 0.1) is 12.6 Å². The molecular weight excluding hydrogens is 268 g/mol. The maximum atomic E-state index is 12.1. The molecule has 1 heterocycles. The molecule has 0 aliphatic heterocycles. The number of nitrogens with zero attached hydrogens (tertiary/aromatic N) is 2. The minimum absolute atomic E-state index is 0.0714. The van der Waals surface area contributed by atoms with Gasteiger partial charge >= 0.3 is 0 Å². The Labute approximate surface area is 124 Å². The van der Waals surface area contributed by atoms with Crippen LogP contribution in [0.15, 0.2) is 47.2 Å². The van der Waals surface area contributed by atoms with Crippen molar-refractivity contribution in [1.29, 1.82) is 0 Å². The first-order valence-corrected chi connectivity index (χ1v) is 7.02. The van der Waals surface area contributed by atoms with Gasteiger partial charge in [-0.1, -0.05) is 23.4 Å². The fourth-order valence-electron chi connectivity index (χ4n) is 1.96. The van der Waals surface area contributed by atoms with E-state index < -0.39 is 0 Å². The number of benzene rings is 1. The summed E-state index contributed by atoms with van der Waals surface area (Å²) in [4.78, 5) is 13.8. The summed E-state index contributed by atoms with van der Waals surface area (Å²) in [6.45, 7) is 2.46. The highest BCUT2D eigenvalue weighted by Crippen LogP contribution is 2.17. The second-order valence-electron chi connectivity index (χ2n) is 4.87. The lowest BCUT2D eigenvalue weighted by atomic mass is 10.2. The normalized spacial score (nSPS) is 11.9. The first-order valence-electron chi connectivity index (χ1n) is 7.02. The van der Waals surface area contributed by atoms with Crippen molar-refractivity contribution in [2.24, 2.45) is 0 Å². The van der Waals surface area contributed by atoms with Gasteiger partial charge in [0.15, 0.2) is 0 Å². The summed E-state index contributed by atoms with van der Waals surface area (Å²) in [5, 5.41) is 3.86. The van der Waals surface area contributed by atoms with E-state index in [1.165, 1.54) is 6.26 Å². The van der Waals surface area contributed by atoms with E-state index in [2.05, 4.69) is 5.16 Å². The quantitative estimate of drug-likeness (QED) is 0.735. The van der Waals surface area contributed by atoms with Crippen LogP contribution in [0.2, 0.25) is 0 Å². The SMILES string of the molecule is C[C@@H](c1ccon1)N(C)C(=O)CCCOc1ccccc1. The second kappa shape index (κ2) is 7.47. The number of ether oxygens (including phenoxy) is 1. The van der Waals surface area contributed by atoms with E-state index >= 15 is 0 Å². The molecule has 0 saturated heterocycles. The van der Waals surface area contributed by atoms with E-state index in [1.807, 2.05) is 37.3 Å². The molecule has 1 amide bonds. The van der Waals surface area contributed by atoms with Gasteiger partial charge in [0.1, 0.15) is 17.7 Å². The third kappa shape index (κ3) is 4.34. The summed E-state index contributed by atoms with van der Waals surface area (Å²) in [6.07, 6.45) is 2.65. The van der Waals surface area contributed by atoms with Gasteiger partial charge in [-0.25, -0.2) is 0 Å². The Morgan fingerprint density at radius 1 is 1.33 bits per heavy atom. The molecule has 0 N–H and O–H groups in total. The zero-order chi connectivity index (χ0) is 15.1. The number of aromatic nitrogens is 1. The highest BCUT2D eigenvalue weighted by molar-refractivity contribution is 5.76. The van der Waals surface area contributed by atoms with Gasteiger partial charge in [0, 0.05) is 19.5 Å². The van der Waals surface area contributed by atoms with E-state index in [9.17, 15) is 4.79 Å². The molecule has 1 aromatic carbocycles. The molecule has 0 radical (unpaired) electrons. The first-order chi connectivity index (χ1) is 10.2. The number of carbonyl (C=O) groups is 1. The van der Waals surface area contributed by atoms with Crippen LogP contribution in [0, 0.1) is 0 Å². The van der Waals surface area contributed by atoms with Crippen LogP contribution in [0.25, 0.3) is 0 Å². The fraction of sp³-hybridized carbons (Fsp3) is 0.375. The molecule has 1 aromatic heterocycles. The minimum atomic E-state index is -0.0914. The van der Waals surface area contributed by atoms with Crippen LogP contribution < -0.4 is 4.74 Å². The predicted octanol–water partition coefficient (Wildman–Crippen LogP) is 3.05. The highest BCUT2D eigenvalue weighted by Gasteiger charge is 2.18. The Balaban J connectivity index is 1.72. The molecule has 0 unspecified atom stereocenters. The van der Waals surface area contributed by atoms with Crippen LogP contribution in [0.1, 0.15) is 31.5 Å². The van der Waals surface area contributed by atoms with Crippen molar-refractivity contribution in [1.82, 2.24) is 10.1 Å². The van der Waals surface area contributed by atoms with E-state index in [1.54, 1.807) is 18.0 Å². The first kappa shape index (κ1) is 15.1. The fourth-order valence-corrected chi connectivity index (χ4v) is 1.96. The molecule has 0 fully saturated rings. The van der Waals surface area contributed by atoms with Crippen LogP contribution in [-0.4, -0.2) is 29.6 Å². The molecule has 1 atom stereocenters. The molecule has 0 spiro atoms. The molecule has 0 aliphatic carbocycles. The van der Waals surface area contributed by atoms with Crippen LogP contribution in [-0.2, 0) is 4.79 Å². The molecule has 112 valence electrons. The lowest BCUT2D eigenvalue weighted by molar-refractivity contribution is -0.132. The second-order valence-corrected chi connectivity index (χ2v) is 4.87. The van der Waals surface area contributed by atoms with Crippen molar-refractivity contribution in [2.45, 2.75) is 25.8 Å². The zero-order valence-corrected chi connectivity index (χ0v) is 12.4. The van der Waals surface area contributed by atoms with Crippen LogP contribution in [0.3, 0.4) is 0 Å². The standard InChI is InChI=1S/C16H20N2O3/c1-13(15-10-12-21-17-15)18(2)16(19)9-6-11-20-14-7-4-3-5-8-14/h3-5,7-8,10,12-13H,6,9,11H2,1-2H3/t13-/m0/s1. The maximum Gasteiger partial charge on any atom is 0.222 e. The van der Waals surface area contributed by atoms with E-state index in [0.717, 1.165) is 11.4 Å². The van der Waals surface area contributed by atoms with Crippen molar-refractivity contribution in [3.8, 4) is 5.75 Å². The Hall–Kier alpha value is -2.30. The van der Waals surface area contributed by atoms with E-state index in [-0.39, 0.29) is 11.9 Å². The molecule has 5 heteroatoms. The Morgan fingerprint density at radius 2 is 2.10 bits per heavy atom. The van der Waals surface area contributed by atoms with E-state index in [4.69, 9.17) is 9.26 Å². The third-order valence-corrected chi connectivity index (χ3v) is 3.41. The molecule has 0 aliphatic rings. The van der Waals surface area contributed by atoms with Crippen molar-refractivity contribution < 1.29 is 14.1 Å². The van der Waals surface area contributed by atoms with Crippen LogP contribution >= 0.6 is 0 Å². The average molecular weight is 288 g/mol. The van der Waals surface area contributed by atoms with Crippen molar-refractivity contribution in [3.05, 3.63) is 48.4 Å². The lowest BCUT2D eigenvalue weighted by Gasteiger charge is -2.23. The smallest absolute Gasteiger partial charge is 0.222 e. The number of rotatable bonds is 7. The van der Waals surface area contributed by atoms with Crippen molar-refractivity contribution in [2.75, 3.05) is 13.7 Å². The number of para-hydroxylation sites is 1. The van der Waals surface area contributed by atoms with Crippen molar-refractivity contribution >= 4 is 5.91 Å². The molecular formula is C16H20N2O3. The monoisotopic (exact) mass is 288 g/mol. The summed E-state index contributed by atoms with van der Waals surface area (Å²) in [7, 11) is 1.78. The number of amides is 1. The number of carbonyl (C=O) groups excluding carboxylic acids is 1. The largest absolute Gasteiger partial charge is 0.494 e. The van der Waals surface area contributed by atoms with Crippen LogP contribution in [0.4, 0.5) is 0 Å². The molecule has 0 saturated carbocycles. The van der Waals surface area contributed by atoms with Gasteiger partial charge in [-0.05, 0) is 25.5 Å². The molecule has 0 bridgehead atoms. The van der Waals surface area contributed by atoms with Gasteiger partial charge in [-0.2, -0.15) is 0 Å². The van der Waals surface area contributed by atoms with Gasteiger partial charge in [0.25, 0.3) is 0 Å². The Kier molecular flexibility index (Phi) is 5.37. The zero-order valence-electron chi connectivity index (χ0n) is 12.4. The maximum absolute atomic E-state index is 12.1. The predicted molar refractivity (Wildman–Crippen MR) is 78.9 cm³/mol. The highest BCUT2D eigenvalue weighted by atomic mass is 16.5. The Bertz CT molecular complexity index is 540. The van der Waals surface area contributed by atoms with Gasteiger partial charge < -0.3 is 14.2 Å². The van der Waals surface area contributed by atoms with Gasteiger partial charge in [0.2, 0.25) is 5.91 Å². The average Bonchev–Trinajstić information content (AvgIpc) is 3.05. The number of hydrogen-bond donors (Lipinski definition) is 0. The summed E-state index contributed by atoms with van der Waals surface area (Å²) in [5.41, 5.74) is 0.756. The van der Waals surface area contributed by atoms with Crippen molar-refractivity contribution in [3.63, 3.8) is 0 Å². The topological polar surface area (TPSA) is 55.6 Å². The van der Waals surface area contributed by atoms with E-state index in [0.29, 0.717) is 19.4 Å². The number of hydrogen-bond acceptors (Lipinski definition) is 4. The summed E-state index contributed by atoms with van der Waals surface area (Å²) in [6, 6.07) is 11.3. The molecule has 2 aromatic rings. The molecule has 21 heavy (non-hydrogen) atoms. The summed E-state index contributed by atoms with van der Waals surface area (Å²) >= 11 is 0.